The summed E-state index contributed by atoms with van der Waals surface area (Å²) in [6, 6.07) is 0. The number of phosphoric acid groups is 2. The summed E-state index contributed by atoms with van der Waals surface area (Å²) in [6.45, 7) is 5.82. The first-order valence-corrected chi connectivity index (χ1v) is 13.4. The second-order valence-electron chi connectivity index (χ2n) is 9.09. The molecule has 30 heavy (non-hydrogen) atoms. The van der Waals surface area contributed by atoms with Crippen molar-refractivity contribution in [1.82, 2.24) is 0 Å². The van der Waals surface area contributed by atoms with Gasteiger partial charge in [0.1, 0.15) is 26.3 Å². The molecular weight excluding hydrogens is 434 g/mol. The van der Waals surface area contributed by atoms with Gasteiger partial charge in [0.25, 0.3) is 0 Å². The average Bonchev–Trinajstić information content (AvgIpc) is 2.47. The molecule has 0 aromatic carbocycles. The first-order chi connectivity index (χ1) is 13.3. The Morgan fingerprint density at radius 1 is 0.600 bits per heavy atom. The second-order valence-corrected chi connectivity index (χ2v) is 11.6. The van der Waals surface area contributed by atoms with Crippen molar-refractivity contribution in [3.8, 4) is 0 Å². The van der Waals surface area contributed by atoms with Crippen LogP contribution in [0.4, 0.5) is 0 Å². The molecule has 0 atom stereocenters. The molecular formula is C18H48N2O8P2+2. The van der Waals surface area contributed by atoms with Gasteiger partial charge in [0.15, 0.2) is 0 Å². The highest BCUT2D eigenvalue weighted by Crippen LogP contribution is 2.35. The maximum Gasteiger partial charge on any atom is 0.469 e. The van der Waals surface area contributed by atoms with Crippen LogP contribution in [0.25, 0.3) is 0 Å². The van der Waals surface area contributed by atoms with Crippen molar-refractivity contribution in [2.24, 2.45) is 0 Å². The van der Waals surface area contributed by atoms with Gasteiger partial charge in [0.2, 0.25) is 0 Å². The molecule has 12 heteroatoms. The average molecular weight is 483 g/mol. The van der Waals surface area contributed by atoms with Crippen molar-refractivity contribution in [3.05, 3.63) is 0 Å². The summed E-state index contributed by atoms with van der Waals surface area (Å²) < 4.78 is 30.1. The number of nitrogens with zero attached hydrogens (tertiary/aromatic N) is 2. The molecule has 0 saturated carbocycles. The molecule has 0 aliphatic rings. The first-order valence-electron chi connectivity index (χ1n) is 10.3. The van der Waals surface area contributed by atoms with Gasteiger partial charge in [-0.15, -0.1) is 0 Å². The third-order valence-electron chi connectivity index (χ3n) is 3.50. The fraction of sp³-hybridized carbons (Fsp3) is 1.00. The SMILES string of the molecule is CCCCCCCC.C[N+](C)(C)CCOP(=O)(O)O.C[N+](C)(C)CCOP(=O)(O)O. The third-order valence-corrected chi connectivity index (χ3v) is 4.54. The normalized spacial score (nSPS) is 12.5. The fourth-order valence-electron chi connectivity index (χ4n) is 1.72. The van der Waals surface area contributed by atoms with Crippen LogP contribution < -0.4 is 0 Å². The molecule has 0 bridgehead atoms. The highest BCUT2D eigenvalue weighted by atomic mass is 31.2. The molecule has 0 fully saturated rings. The van der Waals surface area contributed by atoms with Crippen molar-refractivity contribution in [3.63, 3.8) is 0 Å². The van der Waals surface area contributed by atoms with Gasteiger partial charge in [0, 0.05) is 0 Å². The van der Waals surface area contributed by atoms with E-state index >= 15 is 0 Å². The number of rotatable bonds is 13. The van der Waals surface area contributed by atoms with Crippen LogP contribution in [-0.2, 0) is 18.2 Å². The van der Waals surface area contributed by atoms with Gasteiger partial charge in [-0.3, -0.25) is 9.05 Å². The van der Waals surface area contributed by atoms with E-state index in [1.165, 1.54) is 38.5 Å². The summed E-state index contributed by atoms with van der Waals surface area (Å²) in [5.74, 6) is 0. The quantitative estimate of drug-likeness (QED) is 0.179. The van der Waals surface area contributed by atoms with Gasteiger partial charge < -0.3 is 28.5 Å². The standard InChI is InChI=1S/C8H18.2C5H14NO4P/c1-3-5-7-8-6-4-2;2*1-6(2,3)4-5-10-11(7,8)9/h3-8H2,1-2H3;2*4-5H2,1-3H3,(H-,7,8,9)/p+2. The molecule has 0 aliphatic carbocycles. The zero-order chi connectivity index (χ0) is 24.5. The molecule has 0 aromatic rings. The molecule has 0 radical (unpaired) electrons. The topological polar surface area (TPSA) is 134 Å². The Labute approximate surface area is 183 Å². The molecule has 0 aliphatic heterocycles. The van der Waals surface area contributed by atoms with Crippen LogP contribution in [-0.4, -0.2) is 97.1 Å². The number of unbranched alkanes of at least 4 members (excludes halogenated alkanes) is 5. The van der Waals surface area contributed by atoms with Gasteiger partial charge in [-0.25, -0.2) is 9.13 Å². The lowest BCUT2D eigenvalue weighted by atomic mass is 10.1. The van der Waals surface area contributed by atoms with E-state index in [0.717, 1.165) is 0 Å². The van der Waals surface area contributed by atoms with Crippen molar-refractivity contribution in [2.45, 2.75) is 52.4 Å². The summed E-state index contributed by atoms with van der Waals surface area (Å²) in [7, 11) is 2.99. The van der Waals surface area contributed by atoms with Gasteiger partial charge in [-0.2, -0.15) is 0 Å². The predicted octanol–water partition coefficient (Wildman–Crippen LogP) is 2.97. The monoisotopic (exact) mass is 482 g/mol. The minimum Gasteiger partial charge on any atom is -0.329 e. The smallest absolute Gasteiger partial charge is 0.329 e. The van der Waals surface area contributed by atoms with E-state index in [4.69, 9.17) is 19.6 Å². The summed E-state index contributed by atoms with van der Waals surface area (Å²) >= 11 is 0. The lowest BCUT2D eigenvalue weighted by Crippen LogP contribution is -2.37. The van der Waals surface area contributed by atoms with Crippen LogP contribution in [0, 0.1) is 0 Å². The van der Waals surface area contributed by atoms with E-state index in [1.54, 1.807) is 0 Å². The van der Waals surface area contributed by atoms with Crippen molar-refractivity contribution in [2.75, 3.05) is 68.6 Å². The highest BCUT2D eigenvalue weighted by Gasteiger charge is 2.16. The fourth-order valence-corrected chi connectivity index (χ4v) is 2.36. The Morgan fingerprint density at radius 2 is 0.867 bits per heavy atom. The van der Waals surface area contributed by atoms with Crippen LogP contribution >= 0.6 is 15.6 Å². The van der Waals surface area contributed by atoms with Crippen LogP contribution in [0.15, 0.2) is 0 Å². The van der Waals surface area contributed by atoms with Crippen LogP contribution in [0.3, 0.4) is 0 Å². The minimum atomic E-state index is -4.26. The number of hydrogen-bond acceptors (Lipinski definition) is 4. The Hall–Kier alpha value is 0.140. The largest absolute Gasteiger partial charge is 0.469 e. The van der Waals surface area contributed by atoms with E-state index < -0.39 is 15.6 Å². The van der Waals surface area contributed by atoms with Crippen molar-refractivity contribution >= 4 is 15.6 Å². The van der Waals surface area contributed by atoms with E-state index in [-0.39, 0.29) is 13.2 Å². The van der Waals surface area contributed by atoms with Gasteiger partial charge in [-0.05, 0) is 0 Å². The zero-order valence-electron chi connectivity index (χ0n) is 20.3. The third kappa shape index (κ3) is 46.4. The highest BCUT2D eigenvalue weighted by molar-refractivity contribution is 7.46. The summed E-state index contributed by atoms with van der Waals surface area (Å²) in [6.07, 6.45) is 8.49. The molecule has 0 amide bonds. The number of hydrogen-bond donors (Lipinski definition) is 4. The minimum absolute atomic E-state index is 0.0772. The van der Waals surface area contributed by atoms with Gasteiger partial charge in [0.05, 0.1) is 42.3 Å². The maximum absolute atomic E-state index is 10.2. The number of likely N-dealkylation sites (N-methyl/N-ethyl adjacent to an activating group) is 2. The van der Waals surface area contributed by atoms with Crippen LogP contribution in [0.5, 0.6) is 0 Å². The Morgan fingerprint density at radius 3 is 1.03 bits per heavy atom. The molecule has 0 unspecified atom stereocenters. The number of quaternary nitrogens is 2. The zero-order valence-corrected chi connectivity index (χ0v) is 22.1. The van der Waals surface area contributed by atoms with E-state index in [0.29, 0.717) is 22.1 Å². The lowest BCUT2D eigenvalue weighted by Gasteiger charge is -2.23. The first kappa shape index (κ1) is 34.7. The van der Waals surface area contributed by atoms with E-state index in [9.17, 15) is 9.13 Å². The van der Waals surface area contributed by atoms with Gasteiger partial charge >= 0.3 is 15.6 Å². The Kier molecular flexibility index (Phi) is 20.5. The Balaban J connectivity index is -0.000000370. The van der Waals surface area contributed by atoms with Gasteiger partial charge in [-0.1, -0.05) is 52.4 Å². The molecule has 0 spiro atoms. The molecule has 0 rings (SSSR count). The van der Waals surface area contributed by atoms with E-state index in [2.05, 4.69) is 22.9 Å². The number of phosphoric ester groups is 2. The molecule has 10 nitrogen and oxygen atoms in total. The lowest BCUT2D eigenvalue weighted by molar-refractivity contribution is -0.870. The second kappa shape index (κ2) is 17.7. The van der Waals surface area contributed by atoms with Crippen molar-refractivity contribution in [1.29, 1.82) is 0 Å². The van der Waals surface area contributed by atoms with Crippen LogP contribution in [0.1, 0.15) is 52.4 Å². The summed E-state index contributed by atoms with van der Waals surface area (Å²) in [4.78, 5) is 33.2. The van der Waals surface area contributed by atoms with E-state index in [1.807, 2.05) is 42.3 Å². The maximum atomic E-state index is 10.2. The summed E-state index contributed by atoms with van der Waals surface area (Å²) in [5.41, 5.74) is 0. The molecule has 0 heterocycles. The molecule has 4 N–H and O–H groups in total. The Bertz CT molecular complexity index is 438. The predicted molar refractivity (Wildman–Crippen MR) is 121 cm³/mol. The molecule has 0 saturated heterocycles. The molecule has 186 valence electrons. The summed E-state index contributed by atoms with van der Waals surface area (Å²) in [5, 5.41) is 0. The molecule has 0 aromatic heterocycles. The van der Waals surface area contributed by atoms with Crippen molar-refractivity contribution < 1.29 is 46.7 Å². The van der Waals surface area contributed by atoms with Crippen LogP contribution in [0.2, 0.25) is 0 Å².